The monoisotopic (exact) mass is 851 g/mol. The van der Waals surface area contributed by atoms with E-state index in [1.807, 2.05) is 67.6 Å². The van der Waals surface area contributed by atoms with Crippen molar-refractivity contribution in [3.63, 3.8) is 0 Å². The van der Waals surface area contributed by atoms with Crippen molar-refractivity contribution >= 4 is 50.6 Å². The lowest BCUT2D eigenvalue weighted by atomic mass is 9.70. The maximum atomic E-state index is 13.4. The van der Waals surface area contributed by atoms with E-state index in [1.54, 1.807) is 31.5 Å². The number of hydrogen-bond donors (Lipinski definition) is 3. The molecule has 12 nitrogen and oxygen atoms in total. The number of urea groups is 1. The molecule has 326 valence electrons. The highest BCUT2D eigenvalue weighted by atomic mass is 32.2. The lowest BCUT2D eigenvalue weighted by Crippen LogP contribution is -2.47. The minimum atomic E-state index is -1.35. The second kappa shape index (κ2) is 20.4. The molecule has 3 aliphatic rings. The van der Waals surface area contributed by atoms with Crippen molar-refractivity contribution in [3.8, 4) is 23.0 Å². The third-order valence-corrected chi connectivity index (χ3v) is 12.2. The molecule has 2 amide bonds. The highest BCUT2D eigenvalue weighted by Crippen LogP contribution is 2.43. The van der Waals surface area contributed by atoms with Crippen molar-refractivity contribution in [2.75, 3.05) is 55.5 Å². The first-order valence-corrected chi connectivity index (χ1v) is 22.3. The van der Waals surface area contributed by atoms with Gasteiger partial charge in [-0.25, -0.2) is 9.00 Å². The summed E-state index contributed by atoms with van der Waals surface area (Å²) in [4.78, 5) is 32.9. The molecule has 1 atom stereocenters. The third-order valence-electron chi connectivity index (χ3n) is 11.7. The van der Waals surface area contributed by atoms with E-state index in [2.05, 4.69) is 52.9 Å². The Kier molecular flexibility index (Phi) is 15.6. The summed E-state index contributed by atoms with van der Waals surface area (Å²) in [6, 6.07) is 23.8. The summed E-state index contributed by atoms with van der Waals surface area (Å²) in [7, 11) is 1.71. The van der Waals surface area contributed by atoms with Crippen LogP contribution in [0.4, 0.5) is 21.9 Å². The van der Waals surface area contributed by atoms with Crippen LogP contribution in [0.1, 0.15) is 93.9 Å². The highest BCUT2D eigenvalue weighted by molar-refractivity contribution is 7.85. The number of nitrogens with zero attached hydrogens (tertiary/aromatic N) is 2. The predicted octanol–water partition coefficient (Wildman–Crippen LogP) is 9.93. The molecule has 4 aromatic carbocycles. The van der Waals surface area contributed by atoms with Crippen LogP contribution in [0.5, 0.6) is 23.0 Å². The van der Waals surface area contributed by atoms with Crippen LogP contribution >= 0.6 is 0 Å². The van der Waals surface area contributed by atoms with Crippen molar-refractivity contribution in [1.29, 1.82) is 0 Å². The summed E-state index contributed by atoms with van der Waals surface area (Å²) in [5, 5.41) is 7.47. The molecular weight excluding hydrogens is 791 g/mol. The van der Waals surface area contributed by atoms with Gasteiger partial charge in [-0.05, 0) is 103 Å². The van der Waals surface area contributed by atoms with Crippen molar-refractivity contribution in [1.82, 2.24) is 9.88 Å². The van der Waals surface area contributed by atoms with Gasteiger partial charge in [-0.1, -0.05) is 71.4 Å². The lowest BCUT2D eigenvalue weighted by molar-refractivity contribution is 0.0235. The molecule has 1 unspecified atom stereocenters. The van der Waals surface area contributed by atoms with Gasteiger partial charge in [0.25, 0.3) is 0 Å². The first kappa shape index (κ1) is 46.6. The fourth-order valence-electron chi connectivity index (χ4n) is 8.00. The van der Waals surface area contributed by atoms with Crippen LogP contribution in [0, 0.1) is 5.41 Å². The molecule has 3 aliphatic heterocycles. The number of carbonyl (C=O) groups is 2. The van der Waals surface area contributed by atoms with E-state index in [-0.39, 0.29) is 16.7 Å². The Morgan fingerprint density at radius 2 is 1.49 bits per heavy atom. The van der Waals surface area contributed by atoms with Gasteiger partial charge in [0.2, 0.25) is 0 Å². The van der Waals surface area contributed by atoms with Gasteiger partial charge >= 0.3 is 6.03 Å². The fourth-order valence-corrected chi connectivity index (χ4v) is 8.46. The molecule has 3 fully saturated rings. The number of aromatic nitrogens is 1. The molecule has 0 spiro atoms. The summed E-state index contributed by atoms with van der Waals surface area (Å²) < 4.78 is 32.5. The molecule has 4 heterocycles. The van der Waals surface area contributed by atoms with Crippen LogP contribution in [0.3, 0.4) is 0 Å². The molecule has 1 aromatic heterocycles. The van der Waals surface area contributed by atoms with Crippen LogP contribution in [0.15, 0.2) is 85.1 Å². The average Bonchev–Trinajstić information content (AvgIpc) is 3.24. The molecule has 3 saturated heterocycles. The number of pyridine rings is 1. The number of ether oxygens (including phenoxy) is 3. The highest BCUT2D eigenvalue weighted by Gasteiger charge is 2.37. The Hall–Kier alpha value is -5.50. The van der Waals surface area contributed by atoms with Crippen LogP contribution in [0.2, 0.25) is 0 Å². The van der Waals surface area contributed by atoms with Crippen LogP contribution in [0.25, 0.3) is 10.8 Å². The summed E-state index contributed by atoms with van der Waals surface area (Å²) in [5.41, 5.74) is 5.30. The van der Waals surface area contributed by atoms with E-state index in [9.17, 15) is 13.8 Å². The van der Waals surface area contributed by atoms with Gasteiger partial charge in [-0.15, -0.1) is 0 Å². The van der Waals surface area contributed by atoms with Crippen molar-refractivity contribution in [3.05, 3.63) is 107 Å². The third kappa shape index (κ3) is 11.5. The number of hydrogen-bond acceptors (Lipinski definition) is 8. The number of nitrogens with one attached hydrogen (secondary N) is 3. The molecule has 5 N–H and O–H groups in total. The second-order valence-corrected chi connectivity index (χ2v) is 17.8. The second-order valence-electron chi connectivity index (χ2n) is 16.7. The number of carbonyl (C=O) groups excluding carboxylic acids is 2. The standard InChI is InChI=1S/C39H42N4O6S.C9H17N.H2O/c1-8-34(44)30-14-13-24(20-36(30)47-5)19-26-23-27(17-18-40-26)49-35-16-15-31(28-11-9-10-12-29(28)35)41-38(45)42-32-21-25(39(2,3)4)22-33(37(32)48-6)43-50(7)46;1-2-9-3-6-10(7-4-9)8-5-9;/h9-18,20-23,43H,8,19H2,1-7H3,(H2,41,42,45);2-8H2,1H3;1H2. The van der Waals surface area contributed by atoms with E-state index in [0.717, 1.165) is 33.0 Å². The van der Waals surface area contributed by atoms with E-state index < -0.39 is 17.0 Å². The normalized spacial score (nSPS) is 17.2. The van der Waals surface area contributed by atoms with E-state index in [4.69, 9.17) is 14.2 Å². The number of benzene rings is 4. The first-order chi connectivity index (χ1) is 28.7. The number of ketones is 1. The van der Waals surface area contributed by atoms with Gasteiger partial charge in [0.05, 0.1) is 36.8 Å². The minimum Gasteiger partial charge on any atom is -0.496 e. The molecule has 2 bridgehead atoms. The quantitative estimate of drug-likeness (QED) is 0.0986. The molecule has 61 heavy (non-hydrogen) atoms. The summed E-state index contributed by atoms with van der Waals surface area (Å²) in [6.07, 6.45) is 9.99. The zero-order valence-corrected chi connectivity index (χ0v) is 37.5. The lowest BCUT2D eigenvalue weighted by Gasteiger charge is -2.48. The van der Waals surface area contributed by atoms with Gasteiger partial charge in [0, 0.05) is 47.8 Å². The van der Waals surface area contributed by atoms with Gasteiger partial charge in [0.1, 0.15) is 28.2 Å². The Labute approximate surface area is 362 Å². The van der Waals surface area contributed by atoms with Crippen molar-refractivity contribution in [2.24, 2.45) is 5.41 Å². The Bertz CT molecular complexity index is 2340. The molecule has 13 heteroatoms. The Balaban J connectivity index is 0.000000555. The largest absolute Gasteiger partial charge is 0.496 e. The molecular formula is C48H61N5O7S. The topological polar surface area (TPSA) is 163 Å². The molecule has 0 aliphatic carbocycles. The fraction of sp³-hybridized carbons (Fsp3) is 0.396. The molecule has 8 rings (SSSR count). The van der Waals surface area contributed by atoms with E-state index in [1.165, 1.54) is 58.7 Å². The number of rotatable bonds is 13. The van der Waals surface area contributed by atoms with E-state index in [0.29, 0.717) is 58.5 Å². The molecule has 0 saturated carbocycles. The van der Waals surface area contributed by atoms with Gasteiger partial charge < -0.3 is 39.9 Å². The van der Waals surface area contributed by atoms with Crippen LogP contribution < -0.4 is 29.6 Å². The number of amides is 2. The number of methoxy groups -OCH3 is 2. The number of piperidine rings is 3. The maximum Gasteiger partial charge on any atom is 0.323 e. The summed E-state index contributed by atoms with van der Waals surface area (Å²) in [5.74, 6) is 2.16. The zero-order chi connectivity index (χ0) is 43.0. The van der Waals surface area contributed by atoms with Gasteiger partial charge in [-0.3, -0.25) is 9.78 Å². The maximum absolute atomic E-state index is 13.4. The SMILES string of the molecule is CCC(=O)c1ccc(Cc2cc(Oc3ccc(NC(=O)Nc4cc(C(C)(C)C)cc(NS(C)=O)c4OC)c4ccccc34)ccn2)cc1OC.CCC12CCN(CC1)CC2.O. The van der Waals surface area contributed by atoms with Crippen molar-refractivity contribution < 1.29 is 33.5 Å². The van der Waals surface area contributed by atoms with Crippen molar-refractivity contribution in [2.45, 2.75) is 78.6 Å². The first-order valence-electron chi connectivity index (χ1n) is 20.7. The average molecular weight is 852 g/mol. The van der Waals surface area contributed by atoms with Crippen LogP contribution in [-0.2, 0) is 22.8 Å². The molecule has 5 aromatic rings. The minimum absolute atomic E-state index is 0. The number of anilines is 3. The summed E-state index contributed by atoms with van der Waals surface area (Å²) in [6.45, 7) is 14.5. The Morgan fingerprint density at radius 3 is 2.10 bits per heavy atom. The number of Topliss-reactive ketones (excluding diaryl/α,β-unsaturated/α-hetero) is 1. The molecule has 0 radical (unpaired) electrons. The predicted molar refractivity (Wildman–Crippen MR) is 247 cm³/mol. The van der Waals surface area contributed by atoms with E-state index >= 15 is 0 Å². The summed E-state index contributed by atoms with van der Waals surface area (Å²) >= 11 is 0. The number of fused-ring (bicyclic) bond motifs is 4. The smallest absolute Gasteiger partial charge is 0.323 e. The van der Waals surface area contributed by atoms with Crippen LogP contribution in [-0.4, -0.2) is 71.5 Å². The Morgan fingerprint density at radius 1 is 0.820 bits per heavy atom. The van der Waals surface area contributed by atoms with Gasteiger partial charge in [0.15, 0.2) is 11.5 Å². The van der Waals surface area contributed by atoms with Gasteiger partial charge in [-0.2, -0.15) is 0 Å². The zero-order valence-electron chi connectivity index (χ0n) is 36.7.